The summed E-state index contributed by atoms with van der Waals surface area (Å²) < 4.78 is 33.8. The molecule has 1 saturated heterocycles. The lowest BCUT2D eigenvalue weighted by Gasteiger charge is -2.40. The first kappa shape index (κ1) is 25.4. The lowest BCUT2D eigenvalue weighted by Crippen LogP contribution is -2.56. The molecule has 3 unspecified atom stereocenters. The van der Waals surface area contributed by atoms with Gasteiger partial charge >= 0.3 is 0 Å². The fourth-order valence-electron chi connectivity index (χ4n) is 5.71. The van der Waals surface area contributed by atoms with E-state index < -0.39 is 35.5 Å². The van der Waals surface area contributed by atoms with Crippen molar-refractivity contribution in [2.45, 2.75) is 38.1 Å². The van der Waals surface area contributed by atoms with E-state index in [2.05, 4.69) is 20.6 Å². The molecule has 1 fully saturated rings. The highest BCUT2D eigenvalue weighted by Gasteiger charge is 2.60. The molecule has 0 saturated carbocycles. The predicted molar refractivity (Wildman–Crippen MR) is 144 cm³/mol. The van der Waals surface area contributed by atoms with Gasteiger partial charge in [0.15, 0.2) is 0 Å². The highest BCUT2D eigenvalue weighted by molar-refractivity contribution is 6.00. The average molecular weight is 542 g/mol. The van der Waals surface area contributed by atoms with Crippen molar-refractivity contribution in [1.82, 2.24) is 29.4 Å². The van der Waals surface area contributed by atoms with Crippen LogP contribution in [0.5, 0.6) is 0 Å². The topological polar surface area (TPSA) is 97.9 Å². The highest BCUT2D eigenvalue weighted by Crippen LogP contribution is 2.49. The largest absolute Gasteiger partial charge is 0.316 e. The minimum Gasteiger partial charge on any atom is -0.316 e. The van der Waals surface area contributed by atoms with Crippen molar-refractivity contribution < 1.29 is 18.4 Å². The van der Waals surface area contributed by atoms with Crippen LogP contribution in [0, 0.1) is 12.7 Å². The third kappa shape index (κ3) is 3.93. The number of aromatic nitrogens is 5. The van der Waals surface area contributed by atoms with Crippen LogP contribution < -0.4 is 5.32 Å². The van der Waals surface area contributed by atoms with E-state index in [0.29, 0.717) is 16.8 Å². The Morgan fingerprint density at radius 3 is 2.58 bits per heavy atom. The first-order valence-corrected chi connectivity index (χ1v) is 12.7. The molecule has 3 atom stereocenters. The van der Waals surface area contributed by atoms with Crippen molar-refractivity contribution in [1.29, 1.82) is 0 Å². The van der Waals surface area contributed by atoms with Crippen LogP contribution in [0.15, 0.2) is 85.3 Å². The molecule has 4 heterocycles. The highest BCUT2D eigenvalue weighted by atomic mass is 19.1. The number of carbonyl (C=O) groups is 2. The van der Waals surface area contributed by atoms with Crippen LogP contribution in [0.2, 0.25) is 0 Å². The number of benzene rings is 2. The Morgan fingerprint density at radius 1 is 1.05 bits per heavy atom. The number of hydrogen-bond donors (Lipinski definition) is 1. The van der Waals surface area contributed by atoms with Gasteiger partial charge in [0.05, 0.1) is 23.4 Å². The number of rotatable bonds is 5. The minimum absolute atomic E-state index is 0.130. The molecule has 40 heavy (non-hydrogen) atoms. The Labute approximate surface area is 228 Å². The zero-order chi connectivity index (χ0) is 28.0. The van der Waals surface area contributed by atoms with Gasteiger partial charge in [-0.15, -0.1) is 0 Å². The summed E-state index contributed by atoms with van der Waals surface area (Å²) >= 11 is 0. The molecule has 0 spiro atoms. The number of fused-ring (bicyclic) bond motifs is 1. The smallest absolute Gasteiger partial charge is 0.273 e. The summed E-state index contributed by atoms with van der Waals surface area (Å²) in [5.74, 6) is -1.54. The van der Waals surface area contributed by atoms with Crippen molar-refractivity contribution in [3.05, 3.63) is 102 Å². The number of aryl methyl sites for hydroxylation is 1. The Bertz CT molecular complexity index is 1730. The fraction of sp³-hybridized carbons (Fsp3) is 0.207. The van der Waals surface area contributed by atoms with E-state index >= 15 is 4.39 Å². The Morgan fingerprint density at radius 2 is 1.82 bits per heavy atom. The number of amides is 2. The summed E-state index contributed by atoms with van der Waals surface area (Å²) in [6.07, 6.45) is 2.54. The van der Waals surface area contributed by atoms with Crippen LogP contribution in [0.1, 0.15) is 30.6 Å². The van der Waals surface area contributed by atoms with Crippen LogP contribution in [-0.2, 0) is 15.3 Å². The first-order valence-electron chi connectivity index (χ1n) is 12.7. The summed E-state index contributed by atoms with van der Waals surface area (Å²) in [7, 11) is 0. The summed E-state index contributed by atoms with van der Waals surface area (Å²) in [6.45, 7) is 3.02. The number of nitrogens with one attached hydrogen (secondary N) is 1. The van der Waals surface area contributed by atoms with Crippen molar-refractivity contribution in [2.75, 3.05) is 5.32 Å². The number of carbonyl (C=O) groups excluding carboxylic acids is 2. The van der Waals surface area contributed by atoms with Crippen LogP contribution in [-0.4, -0.2) is 47.4 Å². The third-order valence-corrected chi connectivity index (χ3v) is 7.30. The molecule has 1 aliphatic rings. The molecular weight excluding hydrogens is 516 g/mol. The summed E-state index contributed by atoms with van der Waals surface area (Å²) in [4.78, 5) is 29.2. The van der Waals surface area contributed by atoms with Gasteiger partial charge in [0.2, 0.25) is 11.6 Å². The van der Waals surface area contributed by atoms with Gasteiger partial charge in [-0.1, -0.05) is 30.3 Å². The normalized spacial score (nSPS) is 20.6. The van der Waals surface area contributed by atoms with Crippen LogP contribution >= 0.6 is 0 Å². The second-order valence-corrected chi connectivity index (χ2v) is 9.78. The maximum Gasteiger partial charge on any atom is 0.273 e. The maximum absolute atomic E-state index is 16.2. The van der Waals surface area contributed by atoms with Crippen molar-refractivity contribution in [3.8, 4) is 5.69 Å². The number of hydrogen-bond acceptors (Lipinski definition) is 5. The number of halogens is 2. The molecule has 202 valence electrons. The molecule has 2 amide bonds. The minimum atomic E-state index is -1.82. The van der Waals surface area contributed by atoms with E-state index in [1.807, 2.05) is 30.3 Å². The zero-order valence-electron chi connectivity index (χ0n) is 21.7. The summed E-state index contributed by atoms with van der Waals surface area (Å²) in [6, 6.07) is 17.3. The molecule has 0 bridgehead atoms. The summed E-state index contributed by atoms with van der Waals surface area (Å²) in [5, 5.41) is 15.7. The van der Waals surface area contributed by atoms with Gasteiger partial charge in [-0.3, -0.25) is 9.59 Å². The van der Waals surface area contributed by atoms with E-state index in [4.69, 9.17) is 0 Å². The second-order valence-electron chi connectivity index (χ2n) is 9.78. The molecule has 9 nitrogen and oxygen atoms in total. The molecule has 1 N–H and O–H groups in total. The first-order chi connectivity index (χ1) is 19.3. The van der Waals surface area contributed by atoms with Gasteiger partial charge in [0.1, 0.15) is 23.5 Å². The van der Waals surface area contributed by atoms with E-state index in [1.54, 1.807) is 42.0 Å². The lowest BCUT2D eigenvalue weighted by molar-refractivity contribution is -0.149. The molecule has 5 aromatic rings. The number of anilines is 1. The van der Waals surface area contributed by atoms with Gasteiger partial charge in [0, 0.05) is 31.8 Å². The fourth-order valence-corrected chi connectivity index (χ4v) is 5.71. The van der Waals surface area contributed by atoms with Gasteiger partial charge in [-0.25, -0.2) is 13.5 Å². The molecule has 6 rings (SSSR count). The van der Waals surface area contributed by atoms with Crippen molar-refractivity contribution in [3.63, 3.8) is 0 Å². The molecule has 0 aliphatic carbocycles. The Balaban J connectivity index is 1.54. The lowest BCUT2D eigenvalue weighted by atomic mass is 10.0. The molecule has 1 aliphatic heterocycles. The average Bonchev–Trinajstić information content (AvgIpc) is 3.63. The van der Waals surface area contributed by atoms with Crippen molar-refractivity contribution in [2.24, 2.45) is 0 Å². The van der Waals surface area contributed by atoms with Crippen LogP contribution in [0.4, 0.5) is 14.6 Å². The van der Waals surface area contributed by atoms with Crippen LogP contribution in [0.3, 0.4) is 0 Å². The monoisotopic (exact) mass is 541 g/mol. The third-order valence-electron chi connectivity index (χ3n) is 7.30. The Kier molecular flexibility index (Phi) is 6.13. The standard InChI is InChI=1S/C29H25F2N7O2/c1-18-15-26(38(35-18)25-10-6-4-8-22(25)30)34-28(40)29(36-14-12-20-7-3-5-9-24(20)36)16-23(31)27(37(29)19(2)39)21-11-13-32-33-17-21/h3-15,17,23,27H,16H2,1-2H3,(H,34,40). The molecular formula is C29H25F2N7O2. The predicted octanol–water partition coefficient (Wildman–Crippen LogP) is 4.69. The summed E-state index contributed by atoms with van der Waals surface area (Å²) in [5.41, 5.74) is -0.108. The van der Waals surface area contributed by atoms with E-state index in [0.717, 1.165) is 5.39 Å². The number of para-hydroxylation sites is 2. The van der Waals surface area contributed by atoms with Crippen LogP contribution in [0.25, 0.3) is 16.6 Å². The Hall–Kier alpha value is -4.93. The number of nitrogens with zero attached hydrogens (tertiary/aromatic N) is 6. The van der Waals surface area contributed by atoms with Gasteiger partial charge in [0.25, 0.3) is 5.91 Å². The molecule has 3 aromatic heterocycles. The van der Waals surface area contributed by atoms with E-state index in [-0.39, 0.29) is 17.9 Å². The van der Waals surface area contributed by atoms with Gasteiger partial charge in [-0.2, -0.15) is 15.3 Å². The van der Waals surface area contributed by atoms with Gasteiger partial charge in [-0.05, 0) is 48.2 Å². The SMILES string of the molecule is CC(=O)N1C(c2ccnnc2)C(F)CC1(C(=O)Nc1cc(C)nn1-c1ccccc1F)n1ccc2ccccc21. The van der Waals surface area contributed by atoms with Crippen molar-refractivity contribution >= 4 is 28.5 Å². The number of likely N-dealkylation sites (tertiary alicyclic amines) is 1. The van der Waals surface area contributed by atoms with Gasteiger partial charge < -0.3 is 14.8 Å². The molecule has 2 aromatic carbocycles. The van der Waals surface area contributed by atoms with E-state index in [1.165, 1.54) is 41.0 Å². The quantitative estimate of drug-likeness (QED) is 0.348. The molecule has 0 radical (unpaired) electrons. The zero-order valence-corrected chi connectivity index (χ0v) is 21.7. The number of alkyl halides is 1. The maximum atomic E-state index is 16.2. The molecule has 11 heteroatoms. The second kappa shape index (κ2) is 9.67. The van der Waals surface area contributed by atoms with E-state index in [9.17, 15) is 14.0 Å².